The maximum Gasteiger partial charge on any atom is 0.293 e. The number of hydrogen-bond acceptors (Lipinski definition) is 6. The molecule has 0 aliphatic carbocycles. The second-order valence-corrected chi connectivity index (χ2v) is 8.22. The van der Waals surface area contributed by atoms with Gasteiger partial charge in [-0.05, 0) is 43.0 Å². The van der Waals surface area contributed by atoms with Crippen molar-refractivity contribution in [1.82, 2.24) is 0 Å². The van der Waals surface area contributed by atoms with Crippen LogP contribution in [0.25, 0.3) is 0 Å². The molecule has 2 aliphatic rings. The molecule has 2 aliphatic heterocycles. The molecule has 2 fully saturated rings. The molecule has 8 heteroatoms. The molecular formula is C23H28N4O4. The Bertz CT molecular complexity index is 958. The molecule has 1 N–H and O–H groups in total. The number of ether oxygens (including phenoxy) is 1. The summed E-state index contributed by atoms with van der Waals surface area (Å²) in [7, 11) is 0. The van der Waals surface area contributed by atoms with Crippen molar-refractivity contribution in [1.29, 1.82) is 0 Å². The zero-order chi connectivity index (χ0) is 21.8. The predicted molar refractivity (Wildman–Crippen MR) is 121 cm³/mol. The number of rotatable bonds is 5. The van der Waals surface area contributed by atoms with Crippen LogP contribution < -0.4 is 15.1 Å². The molecular weight excluding hydrogens is 396 g/mol. The van der Waals surface area contributed by atoms with E-state index in [1.54, 1.807) is 12.1 Å². The second-order valence-electron chi connectivity index (χ2n) is 8.22. The lowest BCUT2D eigenvalue weighted by Crippen LogP contribution is -2.36. The van der Waals surface area contributed by atoms with Crippen LogP contribution >= 0.6 is 0 Å². The summed E-state index contributed by atoms with van der Waals surface area (Å²) in [6.45, 7) is 6.54. The molecule has 0 radical (unpaired) electrons. The van der Waals surface area contributed by atoms with Crippen LogP contribution in [0.1, 0.15) is 30.1 Å². The van der Waals surface area contributed by atoms with Crippen LogP contribution in [-0.4, -0.2) is 50.2 Å². The molecule has 164 valence electrons. The third-order valence-electron chi connectivity index (χ3n) is 5.94. The quantitative estimate of drug-likeness (QED) is 0.578. The van der Waals surface area contributed by atoms with Gasteiger partial charge in [-0.1, -0.05) is 19.1 Å². The van der Waals surface area contributed by atoms with Gasteiger partial charge in [-0.15, -0.1) is 0 Å². The molecule has 4 rings (SSSR count). The maximum absolute atomic E-state index is 13.0. The van der Waals surface area contributed by atoms with Crippen molar-refractivity contribution in [3.05, 3.63) is 58.1 Å². The van der Waals surface area contributed by atoms with E-state index in [4.69, 9.17) is 4.74 Å². The van der Waals surface area contributed by atoms with Gasteiger partial charge in [0, 0.05) is 37.8 Å². The standard InChI is InChI=1S/C23H28N4O4/c1-17-5-4-10-26(16-17)21-9-8-18(15-22(21)27(29)30)23(28)24-19-6-2-3-7-20(19)25-11-13-31-14-12-25/h2-3,6-9,15,17H,4-5,10-14,16H2,1H3,(H,24,28)/t17-/m1/s1. The van der Waals surface area contributed by atoms with E-state index in [9.17, 15) is 14.9 Å². The SMILES string of the molecule is C[C@@H]1CCCN(c2ccc(C(=O)Nc3ccccc3N3CCOCC3)cc2[N+](=O)[O-])C1. The summed E-state index contributed by atoms with van der Waals surface area (Å²) in [4.78, 5) is 28.6. The molecule has 0 unspecified atom stereocenters. The molecule has 31 heavy (non-hydrogen) atoms. The number of nitrogens with one attached hydrogen (secondary N) is 1. The number of amides is 1. The lowest BCUT2D eigenvalue weighted by atomic mass is 9.99. The van der Waals surface area contributed by atoms with Gasteiger partial charge in [0.1, 0.15) is 5.69 Å². The molecule has 8 nitrogen and oxygen atoms in total. The first-order chi connectivity index (χ1) is 15.0. The van der Waals surface area contributed by atoms with Gasteiger partial charge in [-0.2, -0.15) is 0 Å². The van der Waals surface area contributed by atoms with E-state index in [0.29, 0.717) is 30.5 Å². The highest BCUT2D eigenvalue weighted by Crippen LogP contribution is 2.33. The smallest absolute Gasteiger partial charge is 0.293 e. The zero-order valence-electron chi connectivity index (χ0n) is 17.8. The van der Waals surface area contributed by atoms with Crippen LogP contribution in [0, 0.1) is 16.0 Å². The van der Waals surface area contributed by atoms with Gasteiger partial charge in [-0.25, -0.2) is 0 Å². The Balaban J connectivity index is 1.57. The van der Waals surface area contributed by atoms with Crippen LogP contribution in [0.4, 0.5) is 22.7 Å². The van der Waals surface area contributed by atoms with Crippen LogP contribution in [0.2, 0.25) is 0 Å². The zero-order valence-corrected chi connectivity index (χ0v) is 17.8. The Kier molecular flexibility index (Phi) is 6.36. The Morgan fingerprint density at radius 2 is 1.87 bits per heavy atom. The maximum atomic E-state index is 13.0. The van der Waals surface area contributed by atoms with Crippen LogP contribution in [-0.2, 0) is 4.74 Å². The van der Waals surface area contributed by atoms with Gasteiger partial charge < -0.3 is 19.9 Å². The topological polar surface area (TPSA) is 88.0 Å². The van der Waals surface area contributed by atoms with Gasteiger partial charge >= 0.3 is 0 Å². The summed E-state index contributed by atoms with van der Waals surface area (Å²) >= 11 is 0. The fraction of sp³-hybridized carbons (Fsp3) is 0.435. The number of piperidine rings is 1. The van der Waals surface area contributed by atoms with Gasteiger partial charge in [0.25, 0.3) is 11.6 Å². The van der Waals surface area contributed by atoms with Crippen molar-refractivity contribution < 1.29 is 14.5 Å². The summed E-state index contributed by atoms with van der Waals surface area (Å²) in [6, 6.07) is 12.4. The third-order valence-corrected chi connectivity index (χ3v) is 5.94. The van der Waals surface area contributed by atoms with Gasteiger partial charge in [0.05, 0.1) is 29.5 Å². The normalized spacial score (nSPS) is 19.2. The summed E-state index contributed by atoms with van der Waals surface area (Å²) in [5, 5.41) is 14.7. The van der Waals surface area contributed by atoms with Crippen molar-refractivity contribution in [2.45, 2.75) is 19.8 Å². The highest BCUT2D eigenvalue weighted by atomic mass is 16.6. The molecule has 1 atom stereocenters. The van der Waals surface area contributed by atoms with Crippen molar-refractivity contribution in [3.8, 4) is 0 Å². The summed E-state index contributed by atoms with van der Waals surface area (Å²) in [6.07, 6.45) is 2.15. The largest absolute Gasteiger partial charge is 0.378 e. The van der Waals surface area contributed by atoms with Crippen molar-refractivity contribution in [2.24, 2.45) is 5.92 Å². The molecule has 0 spiro atoms. The van der Waals surface area contributed by atoms with Crippen molar-refractivity contribution in [2.75, 3.05) is 54.5 Å². The highest BCUT2D eigenvalue weighted by Gasteiger charge is 2.25. The van der Waals surface area contributed by atoms with Crippen LogP contribution in [0.3, 0.4) is 0 Å². The summed E-state index contributed by atoms with van der Waals surface area (Å²) < 4.78 is 5.42. The van der Waals surface area contributed by atoms with E-state index in [-0.39, 0.29) is 17.2 Å². The third kappa shape index (κ3) is 4.80. The molecule has 2 aromatic rings. The van der Waals surface area contributed by atoms with Crippen LogP contribution in [0.5, 0.6) is 0 Å². The first-order valence-corrected chi connectivity index (χ1v) is 10.8. The molecule has 2 heterocycles. The Labute approximate surface area is 181 Å². The first-order valence-electron chi connectivity index (χ1n) is 10.8. The molecule has 1 amide bonds. The number of para-hydroxylation sites is 2. The van der Waals surface area contributed by atoms with E-state index >= 15 is 0 Å². The molecule has 0 bridgehead atoms. The monoisotopic (exact) mass is 424 g/mol. The molecule has 0 aromatic heterocycles. The predicted octanol–water partition coefficient (Wildman–Crippen LogP) is 3.92. The van der Waals surface area contributed by atoms with E-state index in [1.165, 1.54) is 6.07 Å². The molecule has 2 saturated heterocycles. The number of carbonyl (C=O) groups is 1. The summed E-state index contributed by atoms with van der Waals surface area (Å²) in [5.41, 5.74) is 2.45. The van der Waals surface area contributed by atoms with E-state index in [2.05, 4.69) is 22.0 Å². The van der Waals surface area contributed by atoms with Gasteiger partial charge in [-0.3, -0.25) is 14.9 Å². The molecule has 0 saturated carbocycles. The Morgan fingerprint density at radius 3 is 2.61 bits per heavy atom. The number of morpholine rings is 1. The van der Waals surface area contributed by atoms with E-state index in [0.717, 1.165) is 44.7 Å². The number of hydrogen-bond donors (Lipinski definition) is 1. The minimum atomic E-state index is -0.396. The number of nitro benzene ring substituents is 1. The van der Waals surface area contributed by atoms with Crippen LogP contribution in [0.15, 0.2) is 42.5 Å². The second kappa shape index (κ2) is 9.34. The first kappa shape index (κ1) is 21.1. The Hall–Kier alpha value is -3.13. The summed E-state index contributed by atoms with van der Waals surface area (Å²) in [5.74, 6) is 0.135. The van der Waals surface area contributed by atoms with E-state index in [1.807, 2.05) is 24.3 Å². The number of nitrogens with zero attached hydrogens (tertiary/aromatic N) is 3. The minimum absolute atomic E-state index is 0.0248. The number of benzene rings is 2. The van der Waals surface area contributed by atoms with Gasteiger partial charge in [0.15, 0.2) is 0 Å². The lowest BCUT2D eigenvalue weighted by molar-refractivity contribution is -0.384. The number of nitro groups is 1. The minimum Gasteiger partial charge on any atom is -0.378 e. The fourth-order valence-corrected chi connectivity index (χ4v) is 4.34. The van der Waals surface area contributed by atoms with Crippen molar-refractivity contribution >= 4 is 28.7 Å². The molecule has 2 aromatic carbocycles. The fourth-order valence-electron chi connectivity index (χ4n) is 4.34. The van der Waals surface area contributed by atoms with Crippen molar-refractivity contribution in [3.63, 3.8) is 0 Å². The highest BCUT2D eigenvalue weighted by molar-refractivity contribution is 6.06. The number of anilines is 3. The lowest BCUT2D eigenvalue weighted by Gasteiger charge is -2.32. The average Bonchev–Trinajstić information content (AvgIpc) is 2.79. The number of carbonyl (C=O) groups excluding carboxylic acids is 1. The van der Waals surface area contributed by atoms with E-state index < -0.39 is 4.92 Å². The average molecular weight is 425 g/mol. The van der Waals surface area contributed by atoms with Gasteiger partial charge in [0.2, 0.25) is 0 Å². The Morgan fingerprint density at radius 1 is 1.10 bits per heavy atom.